The van der Waals surface area contributed by atoms with Gasteiger partial charge in [0.05, 0.1) is 12.6 Å². The number of guanidine groups is 2. The van der Waals surface area contributed by atoms with Gasteiger partial charge in [0.2, 0.25) is 53.2 Å². The molecule has 0 fully saturated rings. The Morgan fingerprint density at radius 2 is 0.800 bits per heavy atom. The molecule has 0 aromatic carbocycles. The fourth-order valence-corrected chi connectivity index (χ4v) is 7.73. The molecule has 0 radical (unpaired) electrons. The molecule has 30 nitrogen and oxygen atoms in total. The second kappa shape index (κ2) is 39.4. The van der Waals surface area contributed by atoms with Crippen molar-refractivity contribution in [1.29, 1.82) is 0 Å². The highest BCUT2D eigenvalue weighted by molar-refractivity contribution is 5.98. The predicted octanol–water partition coefficient (Wildman–Crippen LogP) is -5.09. The summed E-state index contributed by atoms with van der Waals surface area (Å²) >= 11 is 0. The van der Waals surface area contributed by atoms with E-state index in [-0.39, 0.29) is 75.9 Å². The van der Waals surface area contributed by atoms with Gasteiger partial charge in [0.25, 0.3) is 0 Å². The summed E-state index contributed by atoms with van der Waals surface area (Å²) in [5.74, 6) is -10.4. The number of unbranched alkanes of at least 4 members (excludes halogenated alkanes) is 2. The third-order valence-electron chi connectivity index (χ3n) is 12.7. The fourth-order valence-electron chi connectivity index (χ4n) is 7.73. The molecule has 0 unspecified atom stereocenters. The van der Waals surface area contributed by atoms with Crippen molar-refractivity contribution in [3.63, 3.8) is 0 Å². The first kappa shape index (κ1) is 73.1. The van der Waals surface area contributed by atoms with E-state index in [0.717, 1.165) is 0 Å². The van der Waals surface area contributed by atoms with Crippen molar-refractivity contribution in [2.75, 3.05) is 32.8 Å². The number of hydrogen-bond donors (Lipinski definition) is 18. The minimum Gasteiger partial charge on any atom is -0.480 e. The Hall–Kier alpha value is -6.92. The van der Waals surface area contributed by atoms with Crippen molar-refractivity contribution in [3.05, 3.63) is 0 Å². The minimum absolute atomic E-state index is 0.0123. The van der Waals surface area contributed by atoms with Gasteiger partial charge < -0.3 is 98.2 Å². The molecule has 25 N–H and O–H groups in total. The normalized spacial score (nSPS) is 15.3. The lowest BCUT2D eigenvalue weighted by Gasteiger charge is -2.30. The lowest BCUT2D eigenvalue weighted by Crippen LogP contribution is -2.62. The van der Waals surface area contributed by atoms with Gasteiger partial charge in [0.1, 0.15) is 54.4 Å². The molecule has 0 rings (SSSR count). The number of carbonyl (C=O) groups excluding carboxylic acids is 9. The van der Waals surface area contributed by atoms with Gasteiger partial charge in [-0.15, -0.1) is 0 Å². The maximum Gasteiger partial charge on any atom is 0.325 e. The summed E-state index contributed by atoms with van der Waals surface area (Å²) in [5.41, 5.74) is 39.3. The Morgan fingerprint density at radius 1 is 0.450 bits per heavy atom. The number of aliphatic carboxylic acids is 1. The van der Waals surface area contributed by atoms with Gasteiger partial charge in [0, 0.05) is 13.1 Å². The van der Waals surface area contributed by atoms with Gasteiger partial charge in [-0.1, -0.05) is 48.0 Å². The van der Waals surface area contributed by atoms with Crippen LogP contribution in [0.15, 0.2) is 9.98 Å². The highest BCUT2D eigenvalue weighted by Gasteiger charge is 2.37. The molecule has 0 aliphatic rings. The molecule has 0 saturated carbocycles. The van der Waals surface area contributed by atoms with Crippen LogP contribution >= 0.6 is 0 Å². The molecular weight excluding hydrogens is 1040 g/mol. The van der Waals surface area contributed by atoms with E-state index >= 15 is 0 Å². The molecule has 0 aromatic rings. The number of aliphatic imine (C=N–C) groups is 2. The van der Waals surface area contributed by atoms with Crippen LogP contribution in [0.5, 0.6) is 0 Å². The van der Waals surface area contributed by atoms with Gasteiger partial charge in [-0.05, 0) is 115 Å². The van der Waals surface area contributed by atoms with Crippen LogP contribution in [0.3, 0.4) is 0 Å². The van der Waals surface area contributed by atoms with Gasteiger partial charge in [-0.25, -0.2) is 0 Å². The monoisotopic (exact) mass is 1140 g/mol. The number of nitrogens with one attached hydrogen (secondary N) is 9. The average molecular weight is 1140 g/mol. The second-order valence-corrected chi connectivity index (χ2v) is 20.6. The lowest BCUT2D eigenvalue weighted by atomic mass is 9.96. The predicted molar refractivity (Wildman–Crippen MR) is 301 cm³/mol. The summed E-state index contributed by atoms with van der Waals surface area (Å²) in [6, 6.07) is -12.9. The van der Waals surface area contributed by atoms with Crippen molar-refractivity contribution >= 4 is 71.1 Å². The number of carboxylic acids is 1. The number of carbonyl (C=O) groups is 10. The van der Waals surface area contributed by atoms with E-state index in [4.69, 9.17) is 40.1 Å². The molecule has 0 saturated heterocycles. The summed E-state index contributed by atoms with van der Waals surface area (Å²) in [7, 11) is 0. The minimum atomic E-state index is -1.59. The topological polar surface area (TPSA) is 526 Å². The molecule has 9 amide bonds. The maximum absolute atomic E-state index is 14.4. The van der Waals surface area contributed by atoms with Crippen LogP contribution in [0.2, 0.25) is 0 Å². The third kappa shape index (κ3) is 29.3. The molecule has 458 valence electrons. The largest absolute Gasteiger partial charge is 0.480 e. The van der Waals surface area contributed by atoms with Crippen molar-refractivity contribution in [2.24, 2.45) is 67.9 Å². The Morgan fingerprint density at radius 3 is 1.18 bits per heavy atom. The van der Waals surface area contributed by atoms with Gasteiger partial charge >= 0.3 is 5.97 Å². The van der Waals surface area contributed by atoms with E-state index in [9.17, 15) is 58.2 Å². The Labute approximate surface area is 469 Å². The summed E-state index contributed by atoms with van der Waals surface area (Å²) in [6.07, 6.45) is 2.75. The Bertz CT molecular complexity index is 2050. The standard InChI is InChI=1S/C50H96N18O12/c1-9-28(6)38(68-43(74)32(17-11-13-21-52)62-40(71)31(16-10-12-20-51)61-39(70)29(7)53)47(78)64-34(19-15-23-59-50(56)57)42(73)67-37(27(4)5)46(77)63-33(18-14-22-58-49(54)55)41(72)65-35(24-26(2)3)44(75)66-36(25-69)45(76)60-30(8)48(79)80/h26-38,69H,9-25,51-53H2,1-8H3,(H,60,76)(H,61,70)(H,62,71)(H,63,77)(H,64,78)(H,65,72)(H,66,75)(H,67,73)(H,68,74)(H,79,80)(H4,54,55,58)(H4,56,57,59)/t28-,29-,30-,31-,32-,33-,34-,35-,36-,37-,38-/m0/s1. The van der Waals surface area contributed by atoms with Crippen LogP contribution in [-0.2, 0) is 47.9 Å². The average Bonchev–Trinajstić information content (AvgIpc) is 3.38. The van der Waals surface area contributed by atoms with Crippen molar-refractivity contribution in [3.8, 4) is 0 Å². The van der Waals surface area contributed by atoms with E-state index in [1.54, 1.807) is 41.5 Å². The van der Waals surface area contributed by atoms with Crippen LogP contribution in [0.25, 0.3) is 0 Å². The molecule has 0 heterocycles. The lowest BCUT2D eigenvalue weighted by molar-refractivity contribution is -0.142. The third-order valence-corrected chi connectivity index (χ3v) is 12.7. The van der Waals surface area contributed by atoms with Crippen LogP contribution in [0.4, 0.5) is 0 Å². The quantitative estimate of drug-likeness (QED) is 0.0155. The number of amides is 9. The zero-order chi connectivity index (χ0) is 61.2. The first-order chi connectivity index (χ1) is 37.5. The van der Waals surface area contributed by atoms with Crippen molar-refractivity contribution in [2.45, 2.75) is 193 Å². The second-order valence-electron chi connectivity index (χ2n) is 20.6. The van der Waals surface area contributed by atoms with E-state index in [1.807, 2.05) is 0 Å². The Balaban J connectivity index is 7.01. The maximum atomic E-state index is 14.4. The molecule has 0 aliphatic carbocycles. The van der Waals surface area contributed by atoms with Gasteiger partial charge in [0.15, 0.2) is 11.9 Å². The van der Waals surface area contributed by atoms with E-state index < -0.39 is 138 Å². The van der Waals surface area contributed by atoms with Crippen LogP contribution in [0.1, 0.15) is 132 Å². The number of aliphatic hydroxyl groups excluding tert-OH is 1. The first-order valence-electron chi connectivity index (χ1n) is 27.4. The molecule has 30 heteroatoms. The zero-order valence-electron chi connectivity index (χ0n) is 47.9. The smallest absolute Gasteiger partial charge is 0.325 e. The van der Waals surface area contributed by atoms with E-state index in [1.165, 1.54) is 13.8 Å². The van der Waals surface area contributed by atoms with Gasteiger partial charge in [-0.2, -0.15) is 0 Å². The number of carboxylic acid groups (broad SMARTS) is 1. The molecule has 0 bridgehead atoms. The van der Waals surface area contributed by atoms with Crippen molar-refractivity contribution < 1.29 is 58.2 Å². The number of aliphatic hydroxyl groups is 1. The fraction of sp³-hybridized carbons (Fsp3) is 0.760. The number of hydrogen-bond acceptors (Lipinski definition) is 16. The van der Waals surface area contributed by atoms with Crippen molar-refractivity contribution in [1.82, 2.24) is 47.9 Å². The molecule has 0 spiro atoms. The molecule has 80 heavy (non-hydrogen) atoms. The van der Waals surface area contributed by atoms with Crippen LogP contribution in [0, 0.1) is 17.8 Å². The SMILES string of the molecule is CC[C@H](C)[C@H](NC(=O)[C@H](CCCCN)NC(=O)[C@H](CCCCN)NC(=O)[C@H](C)N)C(=O)N[C@@H](CCCN=C(N)N)C(=O)N[C@H](C(=O)N[C@@H](CCCN=C(N)N)C(=O)N[C@@H](CC(C)C)C(=O)N[C@@H](CO)C(=O)N[C@@H](C)C(=O)O)C(C)C. The van der Waals surface area contributed by atoms with Crippen LogP contribution < -0.4 is 88.0 Å². The van der Waals surface area contributed by atoms with E-state index in [2.05, 4.69) is 57.8 Å². The molecular formula is C50H96N18O12. The Kier molecular flexibility index (Phi) is 36.0. The summed E-state index contributed by atoms with van der Waals surface area (Å²) < 4.78 is 0. The summed E-state index contributed by atoms with van der Waals surface area (Å²) in [6.45, 7) is 12.7. The number of nitrogens with two attached hydrogens (primary N) is 7. The highest BCUT2D eigenvalue weighted by atomic mass is 16.4. The summed E-state index contributed by atoms with van der Waals surface area (Å²) in [4.78, 5) is 143. The first-order valence-corrected chi connectivity index (χ1v) is 27.4. The highest BCUT2D eigenvalue weighted by Crippen LogP contribution is 2.14. The molecule has 0 aromatic heterocycles. The van der Waals surface area contributed by atoms with E-state index in [0.29, 0.717) is 45.2 Å². The summed E-state index contributed by atoms with van der Waals surface area (Å²) in [5, 5.41) is 42.5. The molecule has 11 atom stereocenters. The van der Waals surface area contributed by atoms with Crippen LogP contribution in [-0.4, -0.2) is 174 Å². The number of rotatable bonds is 41. The van der Waals surface area contributed by atoms with Gasteiger partial charge in [-0.3, -0.25) is 57.9 Å². The zero-order valence-corrected chi connectivity index (χ0v) is 47.9. The molecule has 0 aliphatic heterocycles. The number of nitrogens with zero attached hydrogens (tertiary/aromatic N) is 2.